The molecule has 236 valence electrons. The highest BCUT2D eigenvalue weighted by molar-refractivity contribution is 5.98. The first-order chi connectivity index (χ1) is 19.9. The molecule has 0 saturated carbocycles. The summed E-state index contributed by atoms with van der Waals surface area (Å²) in [5, 5.41) is 13.3. The predicted molar refractivity (Wildman–Crippen MR) is 160 cm³/mol. The number of carbonyl (C=O) groups excluding carboxylic acids is 2. The van der Waals surface area contributed by atoms with Gasteiger partial charge in [0.15, 0.2) is 0 Å². The summed E-state index contributed by atoms with van der Waals surface area (Å²) < 4.78 is 10.5. The zero-order valence-electron chi connectivity index (χ0n) is 26.4. The second-order valence-corrected chi connectivity index (χ2v) is 12.9. The van der Waals surface area contributed by atoms with Crippen LogP contribution in [-0.2, 0) is 19.7 Å². The summed E-state index contributed by atoms with van der Waals surface area (Å²) in [6.07, 6.45) is 3.34. The van der Waals surface area contributed by atoms with Gasteiger partial charge in [-0.2, -0.15) is 0 Å². The average Bonchev–Trinajstić information content (AvgIpc) is 3.40. The van der Waals surface area contributed by atoms with E-state index in [4.69, 9.17) is 14.5 Å². The minimum atomic E-state index is -1.09. The largest absolute Gasteiger partial charge is 0.465 e. The monoisotopic (exact) mass is 590 g/mol. The number of piperidine rings is 1. The third-order valence-corrected chi connectivity index (χ3v) is 7.84. The van der Waals surface area contributed by atoms with E-state index in [9.17, 15) is 19.5 Å². The van der Waals surface area contributed by atoms with Gasteiger partial charge in [-0.1, -0.05) is 34.6 Å². The van der Waals surface area contributed by atoms with Crippen molar-refractivity contribution in [3.63, 3.8) is 0 Å². The Labute approximate surface area is 250 Å². The normalized spacial score (nSPS) is 21.1. The molecule has 3 atom stereocenters. The number of ether oxygens (including phenoxy) is 2. The molecule has 2 N–H and O–H groups in total. The van der Waals surface area contributed by atoms with Crippen LogP contribution in [0.2, 0.25) is 0 Å². The summed E-state index contributed by atoms with van der Waals surface area (Å²) in [5.41, 5.74) is 0.00764. The minimum absolute atomic E-state index is 0.0141. The second-order valence-electron chi connectivity index (χ2n) is 12.9. The zero-order chi connectivity index (χ0) is 31.0. The summed E-state index contributed by atoms with van der Waals surface area (Å²) in [6.45, 7) is 12.9. The van der Waals surface area contributed by atoms with Crippen molar-refractivity contribution in [2.45, 2.75) is 77.8 Å². The third kappa shape index (κ3) is 8.53. The summed E-state index contributed by atoms with van der Waals surface area (Å²) in [5.74, 6) is 0.274. The van der Waals surface area contributed by atoms with Gasteiger partial charge in [-0.3, -0.25) is 9.59 Å². The van der Waals surface area contributed by atoms with Gasteiger partial charge in [-0.15, -0.1) is 0 Å². The molecule has 2 aliphatic rings. The molecule has 2 fully saturated rings. The van der Waals surface area contributed by atoms with Gasteiger partial charge in [-0.25, -0.2) is 14.8 Å². The summed E-state index contributed by atoms with van der Waals surface area (Å²) in [4.78, 5) is 54.4. The smallest absolute Gasteiger partial charge is 0.407 e. The van der Waals surface area contributed by atoms with Crippen LogP contribution in [0, 0.1) is 11.8 Å². The van der Waals surface area contributed by atoms with Crippen molar-refractivity contribution in [2.24, 2.45) is 11.8 Å². The van der Waals surface area contributed by atoms with Crippen LogP contribution in [0.4, 0.5) is 10.6 Å². The molecule has 2 aliphatic heterocycles. The molecule has 1 aromatic rings. The number of anilines is 1. The molecule has 0 aromatic carbocycles. The molecular formula is C30H50N6O6. The third-order valence-electron chi connectivity index (χ3n) is 7.84. The van der Waals surface area contributed by atoms with E-state index in [-0.39, 0.29) is 42.3 Å². The molecule has 12 nitrogen and oxygen atoms in total. The number of nitrogens with one attached hydrogen (secondary N) is 1. The highest BCUT2D eigenvalue weighted by Gasteiger charge is 2.42. The van der Waals surface area contributed by atoms with E-state index in [0.717, 1.165) is 19.3 Å². The average molecular weight is 591 g/mol. The Bertz CT molecular complexity index is 1080. The number of amides is 3. The van der Waals surface area contributed by atoms with E-state index in [0.29, 0.717) is 56.5 Å². The van der Waals surface area contributed by atoms with Crippen molar-refractivity contribution < 1.29 is 29.0 Å². The lowest BCUT2D eigenvalue weighted by Crippen LogP contribution is -2.57. The minimum Gasteiger partial charge on any atom is -0.465 e. The zero-order valence-corrected chi connectivity index (χ0v) is 26.4. The molecule has 0 unspecified atom stereocenters. The number of likely N-dealkylation sites (tertiary alicyclic amines) is 2. The van der Waals surface area contributed by atoms with Crippen molar-refractivity contribution in [2.75, 3.05) is 65.5 Å². The molecule has 0 aliphatic carbocycles. The molecule has 42 heavy (non-hydrogen) atoms. The number of nitrogens with zero attached hydrogens (tertiary/aromatic N) is 5. The number of hydrogen-bond acceptors (Lipinski definition) is 8. The molecular weight excluding hydrogens is 540 g/mol. The lowest BCUT2D eigenvalue weighted by Gasteiger charge is -2.43. The Hall–Kier alpha value is -2.99. The quantitative estimate of drug-likeness (QED) is 0.351. The molecule has 3 amide bonds. The van der Waals surface area contributed by atoms with E-state index in [1.165, 1.54) is 4.90 Å². The van der Waals surface area contributed by atoms with Crippen molar-refractivity contribution in [3.05, 3.63) is 17.6 Å². The van der Waals surface area contributed by atoms with Gasteiger partial charge in [0.2, 0.25) is 5.91 Å². The fourth-order valence-electron chi connectivity index (χ4n) is 5.76. The van der Waals surface area contributed by atoms with Crippen LogP contribution in [0.1, 0.15) is 76.5 Å². The Kier molecular flexibility index (Phi) is 11.9. The van der Waals surface area contributed by atoms with Crippen molar-refractivity contribution in [1.29, 1.82) is 0 Å². The van der Waals surface area contributed by atoms with Crippen LogP contribution in [0.15, 0.2) is 6.20 Å². The van der Waals surface area contributed by atoms with Crippen LogP contribution >= 0.6 is 0 Å². The Morgan fingerprint density at radius 2 is 1.93 bits per heavy atom. The summed E-state index contributed by atoms with van der Waals surface area (Å²) in [6, 6.07) is -0.495. The summed E-state index contributed by atoms with van der Waals surface area (Å²) >= 11 is 0. The molecule has 0 radical (unpaired) electrons. The van der Waals surface area contributed by atoms with Crippen LogP contribution in [-0.4, -0.2) is 120 Å². The highest BCUT2D eigenvalue weighted by atomic mass is 16.5. The maximum Gasteiger partial charge on any atom is 0.407 e. The Balaban J connectivity index is 1.95. The fourth-order valence-corrected chi connectivity index (χ4v) is 5.76. The maximum absolute atomic E-state index is 14.3. The van der Waals surface area contributed by atoms with Gasteiger partial charge >= 0.3 is 6.09 Å². The number of rotatable bonds is 12. The number of methoxy groups -OCH3 is 2. The molecule has 0 spiro atoms. The second kappa shape index (κ2) is 15.0. The van der Waals surface area contributed by atoms with E-state index >= 15 is 0 Å². The number of hydrogen-bond donors (Lipinski definition) is 2. The van der Waals surface area contributed by atoms with E-state index < -0.39 is 18.1 Å². The van der Waals surface area contributed by atoms with Crippen LogP contribution in [0.5, 0.6) is 0 Å². The Morgan fingerprint density at radius 1 is 1.19 bits per heavy atom. The van der Waals surface area contributed by atoms with E-state index in [1.54, 1.807) is 25.3 Å². The van der Waals surface area contributed by atoms with Crippen LogP contribution in [0.3, 0.4) is 0 Å². The molecule has 12 heteroatoms. The SMILES string of the molecule is COCCCNc1nc(C(C)(C)C)ncc1C(=O)N(CC(C)C)[C@H]1C[C@@H](C(=O)N2CCC[C@@H]2COC)CN(C(=O)O)C1. The lowest BCUT2D eigenvalue weighted by atomic mass is 9.91. The van der Waals surface area contributed by atoms with Gasteiger partial charge in [0.25, 0.3) is 5.91 Å². The molecule has 1 aromatic heterocycles. The number of carboxylic acid groups (broad SMARTS) is 1. The first-order valence-electron chi connectivity index (χ1n) is 15.1. The maximum atomic E-state index is 14.3. The van der Waals surface area contributed by atoms with Gasteiger partial charge in [0.05, 0.1) is 24.6 Å². The van der Waals surface area contributed by atoms with E-state index in [1.807, 2.05) is 39.5 Å². The predicted octanol–water partition coefficient (Wildman–Crippen LogP) is 3.33. The first kappa shape index (κ1) is 33.5. The lowest BCUT2D eigenvalue weighted by molar-refractivity contribution is -0.139. The summed E-state index contributed by atoms with van der Waals surface area (Å²) in [7, 11) is 3.27. The molecule has 3 rings (SSSR count). The molecule has 0 bridgehead atoms. The molecule has 2 saturated heterocycles. The topological polar surface area (TPSA) is 137 Å². The van der Waals surface area contributed by atoms with E-state index in [2.05, 4.69) is 10.3 Å². The van der Waals surface area contributed by atoms with Gasteiger partial charge in [-0.05, 0) is 31.6 Å². The van der Waals surface area contributed by atoms with Crippen molar-refractivity contribution in [1.82, 2.24) is 24.7 Å². The van der Waals surface area contributed by atoms with Crippen molar-refractivity contribution >= 4 is 23.7 Å². The van der Waals surface area contributed by atoms with Gasteiger partial charge in [0.1, 0.15) is 17.2 Å². The highest BCUT2D eigenvalue weighted by Crippen LogP contribution is 2.30. The number of carbonyl (C=O) groups is 3. The van der Waals surface area contributed by atoms with Gasteiger partial charge < -0.3 is 34.6 Å². The standard InChI is InChI=1S/C30H50N6O6/c1-20(2)16-36(27(38)24-15-32-28(30(3,4)5)33-25(24)31-11-9-13-41-6)23-14-21(17-34(18-23)29(39)40)26(37)35-12-8-10-22(35)19-42-7/h15,20-23H,8-14,16-19H2,1-7H3,(H,39,40)(H,31,32,33)/t21-,22-,23+/m1/s1. The van der Waals surface area contributed by atoms with Crippen molar-refractivity contribution in [3.8, 4) is 0 Å². The Morgan fingerprint density at radius 3 is 2.55 bits per heavy atom. The van der Waals surface area contributed by atoms with Crippen LogP contribution in [0.25, 0.3) is 0 Å². The number of aromatic nitrogens is 2. The molecule has 3 heterocycles. The van der Waals surface area contributed by atoms with Gasteiger partial charge in [0, 0.05) is 65.2 Å². The fraction of sp³-hybridized carbons (Fsp3) is 0.767. The first-order valence-corrected chi connectivity index (χ1v) is 15.1. The van der Waals surface area contributed by atoms with Crippen LogP contribution < -0.4 is 5.32 Å².